The second kappa shape index (κ2) is 27.2. The Labute approximate surface area is 196 Å². The van der Waals surface area contributed by atoms with Crippen molar-refractivity contribution in [2.75, 3.05) is 0 Å². The highest BCUT2D eigenvalue weighted by Gasteiger charge is 2.00. The maximum Gasteiger partial charge on any atom is 0.310 e. The third-order valence-electron chi connectivity index (χ3n) is 6.25. The first kappa shape index (κ1) is 30.2. The Bertz CT molecular complexity index is 375. The molecule has 0 atom stereocenters. The summed E-state index contributed by atoms with van der Waals surface area (Å²) in [5.41, 5.74) is 0. The average molecular weight is 437 g/mol. The van der Waals surface area contributed by atoms with E-state index in [1.807, 2.05) is 6.08 Å². The molecule has 0 heterocycles. The van der Waals surface area contributed by atoms with Gasteiger partial charge in [0.05, 0.1) is 6.26 Å². The number of unbranched alkanes of at least 4 members (excludes halogenated alkanes) is 21. The predicted molar refractivity (Wildman–Crippen MR) is 137 cm³/mol. The average Bonchev–Trinajstić information content (AvgIpc) is 2.77. The van der Waals surface area contributed by atoms with Crippen LogP contribution in [0.2, 0.25) is 0 Å². The molecule has 0 unspecified atom stereocenters. The highest BCUT2D eigenvalue weighted by atomic mass is 16.5. The fraction of sp³-hybridized carbons (Fsp3) is 0.897. The fourth-order valence-corrected chi connectivity index (χ4v) is 4.11. The van der Waals surface area contributed by atoms with Crippen molar-refractivity contribution in [3.8, 4) is 0 Å². The monoisotopic (exact) mass is 436 g/mol. The van der Waals surface area contributed by atoms with Gasteiger partial charge in [-0.15, -0.1) is 0 Å². The minimum atomic E-state index is -0.0643. The van der Waals surface area contributed by atoms with E-state index < -0.39 is 0 Å². The molecule has 0 fully saturated rings. The summed E-state index contributed by atoms with van der Waals surface area (Å²) >= 11 is 0. The summed E-state index contributed by atoms with van der Waals surface area (Å²) in [6, 6.07) is 0. The van der Waals surface area contributed by atoms with E-state index in [4.69, 9.17) is 4.74 Å². The Kier molecular flexibility index (Phi) is 26.5. The van der Waals surface area contributed by atoms with Gasteiger partial charge in [0, 0.05) is 6.42 Å². The van der Waals surface area contributed by atoms with Crippen LogP contribution in [-0.4, -0.2) is 5.97 Å². The van der Waals surface area contributed by atoms with Gasteiger partial charge in [-0.3, -0.25) is 4.79 Å². The van der Waals surface area contributed by atoms with Crippen LogP contribution in [0.4, 0.5) is 0 Å². The number of carbonyl (C=O) groups excluding carboxylic acids is 1. The maximum atomic E-state index is 11.7. The second-order valence-corrected chi connectivity index (χ2v) is 9.47. The molecule has 0 rings (SSSR count). The van der Waals surface area contributed by atoms with Crippen molar-refractivity contribution in [2.45, 2.75) is 168 Å². The first-order valence-electron chi connectivity index (χ1n) is 14.2. The minimum Gasteiger partial charge on any atom is -0.435 e. The minimum absolute atomic E-state index is 0.0643. The number of hydrogen-bond donors (Lipinski definition) is 0. The first-order valence-corrected chi connectivity index (χ1v) is 14.2. The van der Waals surface area contributed by atoms with Crippen LogP contribution in [-0.2, 0) is 9.53 Å². The summed E-state index contributed by atoms with van der Waals surface area (Å²) in [6.45, 7) is 4.54. The molecule has 184 valence electrons. The summed E-state index contributed by atoms with van der Waals surface area (Å²) in [4.78, 5) is 11.7. The highest BCUT2D eigenvalue weighted by Crippen LogP contribution is 2.14. The van der Waals surface area contributed by atoms with Crippen molar-refractivity contribution in [1.82, 2.24) is 0 Å². The van der Waals surface area contributed by atoms with Gasteiger partial charge in [-0.25, -0.2) is 0 Å². The smallest absolute Gasteiger partial charge is 0.310 e. The highest BCUT2D eigenvalue weighted by molar-refractivity contribution is 5.69. The van der Waals surface area contributed by atoms with E-state index in [2.05, 4.69) is 13.8 Å². The van der Waals surface area contributed by atoms with Crippen molar-refractivity contribution < 1.29 is 9.53 Å². The van der Waals surface area contributed by atoms with Crippen molar-refractivity contribution in [3.63, 3.8) is 0 Å². The molecule has 0 amide bonds. The molecule has 2 heteroatoms. The summed E-state index contributed by atoms with van der Waals surface area (Å²) in [6.07, 6.45) is 34.8. The molecule has 0 aromatic heterocycles. The molecule has 0 aromatic rings. The number of carbonyl (C=O) groups is 1. The molecular weight excluding hydrogens is 380 g/mol. The lowest BCUT2D eigenvalue weighted by molar-refractivity contribution is -0.138. The van der Waals surface area contributed by atoms with E-state index >= 15 is 0 Å². The van der Waals surface area contributed by atoms with Crippen LogP contribution in [0.1, 0.15) is 168 Å². The van der Waals surface area contributed by atoms with Gasteiger partial charge in [-0.2, -0.15) is 0 Å². The van der Waals surface area contributed by atoms with E-state index in [1.54, 1.807) is 6.26 Å². The van der Waals surface area contributed by atoms with E-state index in [9.17, 15) is 4.79 Å². The molecule has 0 saturated carbocycles. The van der Waals surface area contributed by atoms with E-state index in [-0.39, 0.29) is 5.97 Å². The standard InChI is InChI=1S/C29H56O2/c1-3-5-7-9-11-13-14-15-16-17-18-19-21-23-25-27-29(30)31-28-26-24-22-20-12-10-8-6-4-2/h26,28H,3-25,27H2,1-2H3. The van der Waals surface area contributed by atoms with Crippen LogP contribution < -0.4 is 0 Å². The Balaban J connectivity index is 3.20. The summed E-state index contributed by atoms with van der Waals surface area (Å²) < 4.78 is 5.20. The summed E-state index contributed by atoms with van der Waals surface area (Å²) in [5.74, 6) is -0.0643. The van der Waals surface area contributed by atoms with Crippen molar-refractivity contribution in [1.29, 1.82) is 0 Å². The SMILES string of the molecule is CCCCCCCCCC=COC(=O)CCCCCCCCCCCCCCCCC. The molecule has 0 aliphatic carbocycles. The lowest BCUT2D eigenvalue weighted by Crippen LogP contribution is -1.98. The van der Waals surface area contributed by atoms with Crippen LogP contribution in [0.25, 0.3) is 0 Å². The van der Waals surface area contributed by atoms with Crippen LogP contribution in [0.15, 0.2) is 12.3 Å². The first-order chi connectivity index (χ1) is 15.3. The van der Waals surface area contributed by atoms with Gasteiger partial charge >= 0.3 is 5.97 Å². The number of hydrogen-bond acceptors (Lipinski definition) is 2. The molecular formula is C29H56O2. The zero-order valence-electron chi connectivity index (χ0n) is 21.4. The van der Waals surface area contributed by atoms with Gasteiger partial charge in [0.25, 0.3) is 0 Å². The predicted octanol–water partition coefficient (Wildman–Crippen LogP) is 10.4. The zero-order valence-corrected chi connectivity index (χ0v) is 21.4. The van der Waals surface area contributed by atoms with Crippen LogP contribution in [0, 0.1) is 0 Å². The van der Waals surface area contributed by atoms with Gasteiger partial charge in [0.15, 0.2) is 0 Å². The van der Waals surface area contributed by atoms with Crippen molar-refractivity contribution in [2.24, 2.45) is 0 Å². The lowest BCUT2D eigenvalue weighted by Gasteiger charge is -2.03. The van der Waals surface area contributed by atoms with Crippen LogP contribution in [0.3, 0.4) is 0 Å². The third kappa shape index (κ3) is 27.2. The molecule has 2 nitrogen and oxygen atoms in total. The topological polar surface area (TPSA) is 26.3 Å². The molecule has 0 radical (unpaired) electrons. The Hall–Kier alpha value is -0.790. The van der Waals surface area contributed by atoms with E-state index in [0.717, 1.165) is 19.3 Å². The van der Waals surface area contributed by atoms with Gasteiger partial charge in [0.2, 0.25) is 0 Å². The maximum absolute atomic E-state index is 11.7. The fourth-order valence-electron chi connectivity index (χ4n) is 4.11. The van der Waals surface area contributed by atoms with Crippen molar-refractivity contribution >= 4 is 5.97 Å². The largest absolute Gasteiger partial charge is 0.435 e. The summed E-state index contributed by atoms with van der Waals surface area (Å²) in [5, 5.41) is 0. The van der Waals surface area contributed by atoms with Crippen LogP contribution >= 0.6 is 0 Å². The number of esters is 1. The molecule has 31 heavy (non-hydrogen) atoms. The number of allylic oxidation sites excluding steroid dienone is 1. The van der Waals surface area contributed by atoms with Gasteiger partial charge in [-0.1, -0.05) is 142 Å². The molecule has 0 aliphatic rings. The quantitative estimate of drug-likeness (QED) is 0.0808. The second-order valence-electron chi connectivity index (χ2n) is 9.47. The Morgan fingerprint density at radius 3 is 1.29 bits per heavy atom. The normalized spacial score (nSPS) is 11.4. The molecule has 0 saturated heterocycles. The molecule has 0 aliphatic heterocycles. The third-order valence-corrected chi connectivity index (χ3v) is 6.25. The van der Waals surface area contributed by atoms with Gasteiger partial charge < -0.3 is 4.74 Å². The number of ether oxygens (including phenoxy) is 1. The molecule has 0 aromatic carbocycles. The van der Waals surface area contributed by atoms with Crippen molar-refractivity contribution in [3.05, 3.63) is 12.3 Å². The van der Waals surface area contributed by atoms with Gasteiger partial charge in [0.1, 0.15) is 0 Å². The summed E-state index contributed by atoms with van der Waals surface area (Å²) in [7, 11) is 0. The Morgan fingerprint density at radius 2 is 0.871 bits per heavy atom. The van der Waals surface area contributed by atoms with E-state index in [0.29, 0.717) is 6.42 Å². The van der Waals surface area contributed by atoms with Crippen LogP contribution in [0.5, 0.6) is 0 Å². The van der Waals surface area contributed by atoms with E-state index in [1.165, 1.54) is 128 Å². The Morgan fingerprint density at radius 1 is 0.516 bits per heavy atom. The van der Waals surface area contributed by atoms with Gasteiger partial charge in [-0.05, 0) is 25.3 Å². The molecule has 0 bridgehead atoms. The molecule has 0 spiro atoms. The number of rotatable bonds is 25. The zero-order chi connectivity index (χ0) is 22.7. The lowest BCUT2D eigenvalue weighted by atomic mass is 10.0. The molecule has 0 N–H and O–H groups in total.